The highest BCUT2D eigenvalue weighted by Crippen LogP contribution is 2.54. The van der Waals surface area contributed by atoms with E-state index in [9.17, 15) is 18.0 Å². The maximum atomic E-state index is 14.8. The Morgan fingerprint density at radius 2 is 2.13 bits per heavy atom. The maximum Gasteiger partial charge on any atom is 0.283 e. The summed E-state index contributed by atoms with van der Waals surface area (Å²) in [6.45, 7) is 1.39. The van der Waals surface area contributed by atoms with Crippen LogP contribution in [0.3, 0.4) is 0 Å². The summed E-state index contributed by atoms with van der Waals surface area (Å²) in [7, 11) is 0. The van der Waals surface area contributed by atoms with Crippen LogP contribution in [0.4, 0.5) is 18.9 Å². The molecule has 4 rings (SSSR count). The summed E-state index contributed by atoms with van der Waals surface area (Å²) in [6.07, 6.45) is 0.0149. The molecule has 1 fully saturated rings. The molecule has 3 N–H and O–H groups in total. The van der Waals surface area contributed by atoms with Crippen molar-refractivity contribution in [1.82, 2.24) is 4.98 Å². The summed E-state index contributed by atoms with van der Waals surface area (Å²) >= 11 is 0. The number of carbonyl (C=O) groups is 1. The average Bonchev–Trinajstić information content (AvgIpc) is 3.04. The number of nitrogens with two attached hydrogens (primary N) is 1. The van der Waals surface area contributed by atoms with Crippen molar-refractivity contribution >= 4 is 17.6 Å². The van der Waals surface area contributed by atoms with Crippen molar-refractivity contribution in [2.24, 2.45) is 16.6 Å². The summed E-state index contributed by atoms with van der Waals surface area (Å²) in [4.78, 5) is 20.4. The first-order chi connectivity index (χ1) is 14.6. The molecule has 10 heteroatoms. The molecule has 1 amide bonds. The van der Waals surface area contributed by atoms with E-state index >= 15 is 0 Å². The number of amidine groups is 1. The summed E-state index contributed by atoms with van der Waals surface area (Å²) < 4.78 is 49.5. The lowest BCUT2D eigenvalue weighted by Crippen LogP contribution is -2.51. The summed E-state index contributed by atoms with van der Waals surface area (Å²) in [5, 5.41) is 11.4. The molecule has 2 aromatic rings. The van der Waals surface area contributed by atoms with Gasteiger partial charge in [-0.1, -0.05) is 0 Å². The van der Waals surface area contributed by atoms with Crippen molar-refractivity contribution in [2.75, 3.05) is 5.32 Å². The van der Waals surface area contributed by atoms with Gasteiger partial charge in [0.15, 0.2) is 0 Å². The number of nitriles is 1. The largest absolute Gasteiger partial charge is 0.461 e. The van der Waals surface area contributed by atoms with Crippen molar-refractivity contribution in [2.45, 2.75) is 37.3 Å². The first kappa shape index (κ1) is 20.7. The molecule has 31 heavy (non-hydrogen) atoms. The molecular formula is C21H18F3N5O2. The highest BCUT2D eigenvalue weighted by atomic mass is 19.3. The highest BCUT2D eigenvalue weighted by molar-refractivity contribution is 6.02. The molecule has 2 heterocycles. The first-order valence-corrected chi connectivity index (χ1v) is 9.51. The Morgan fingerprint density at radius 3 is 2.81 bits per heavy atom. The minimum Gasteiger partial charge on any atom is -0.461 e. The number of halogens is 3. The Hall–Kier alpha value is -3.61. The number of anilines is 1. The molecule has 1 aromatic carbocycles. The van der Waals surface area contributed by atoms with Crippen LogP contribution in [-0.4, -0.2) is 28.9 Å². The SMILES string of the molecule is C[C@]1(c2cc(NC(=O)c3ccc(C#N)cn3)ccc2F)N=C(N)OC2CCC(F)(F)C21. The van der Waals surface area contributed by atoms with Gasteiger partial charge in [-0.15, -0.1) is 0 Å². The number of hydrogen-bond acceptors (Lipinski definition) is 6. The molecule has 0 spiro atoms. The number of rotatable bonds is 3. The van der Waals surface area contributed by atoms with Gasteiger partial charge in [-0.25, -0.2) is 23.1 Å². The number of amides is 1. The van der Waals surface area contributed by atoms with Crippen LogP contribution >= 0.6 is 0 Å². The third kappa shape index (κ3) is 3.56. The molecule has 3 atom stereocenters. The van der Waals surface area contributed by atoms with E-state index in [2.05, 4.69) is 15.3 Å². The average molecular weight is 429 g/mol. The number of ether oxygens (including phenoxy) is 1. The number of nitrogens with zero attached hydrogens (tertiary/aromatic N) is 3. The van der Waals surface area contributed by atoms with E-state index in [0.717, 1.165) is 6.07 Å². The number of carbonyl (C=O) groups excluding carboxylic acids is 1. The predicted molar refractivity (Wildman–Crippen MR) is 105 cm³/mol. The molecule has 1 saturated carbocycles. The molecule has 1 aliphatic heterocycles. The summed E-state index contributed by atoms with van der Waals surface area (Å²) in [5.41, 5.74) is 4.40. The number of pyridine rings is 1. The predicted octanol–water partition coefficient (Wildman–Crippen LogP) is 3.32. The van der Waals surface area contributed by atoms with Crippen LogP contribution in [0.15, 0.2) is 41.5 Å². The number of hydrogen-bond donors (Lipinski definition) is 2. The highest BCUT2D eigenvalue weighted by Gasteiger charge is 2.62. The quantitative estimate of drug-likeness (QED) is 0.777. The number of benzene rings is 1. The van der Waals surface area contributed by atoms with Crippen LogP contribution in [0.5, 0.6) is 0 Å². The zero-order valence-electron chi connectivity index (χ0n) is 16.4. The Morgan fingerprint density at radius 1 is 1.35 bits per heavy atom. The third-order valence-corrected chi connectivity index (χ3v) is 5.70. The Balaban J connectivity index is 1.69. The lowest BCUT2D eigenvalue weighted by Gasteiger charge is -2.41. The molecule has 0 saturated heterocycles. The summed E-state index contributed by atoms with van der Waals surface area (Å²) in [5.74, 6) is -5.89. The lowest BCUT2D eigenvalue weighted by molar-refractivity contribution is -0.0961. The molecule has 2 unspecified atom stereocenters. The van der Waals surface area contributed by atoms with Crippen molar-refractivity contribution < 1.29 is 22.7 Å². The van der Waals surface area contributed by atoms with Crippen LogP contribution in [0.25, 0.3) is 0 Å². The lowest BCUT2D eigenvalue weighted by atomic mass is 9.75. The van der Waals surface area contributed by atoms with Gasteiger partial charge >= 0.3 is 0 Å². The molecule has 2 aliphatic rings. The van der Waals surface area contributed by atoms with Gasteiger partial charge in [0, 0.05) is 23.9 Å². The van der Waals surface area contributed by atoms with Crippen molar-refractivity contribution in [3.8, 4) is 6.07 Å². The normalized spacial score (nSPS) is 26.2. The molecular weight excluding hydrogens is 411 g/mol. The smallest absolute Gasteiger partial charge is 0.283 e. The van der Waals surface area contributed by atoms with E-state index in [0.29, 0.717) is 0 Å². The van der Waals surface area contributed by atoms with Crippen LogP contribution in [-0.2, 0) is 10.3 Å². The number of aromatic nitrogens is 1. The van der Waals surface area contributed by atoms with Gasteiger partial charge < -0.3 is 15.8 Å². The van der Waals surface area contributed by atoms with E-state index < -0.39 is 41.6 Å². The third-order valence-electron chi connectivity index (χ3n) is 5.70. The minimum atomic E-state index is -3.12. The van der Waals surface area contributed by atoms with Crippen LogP contribution in [0.2, 0.25) is 0 Å². The standard InChI is InChI=1S/C21H18F3N5O2/c1-20(17-16(31-19(26)29-20)6-7-21(17,23)24)13-8-12(3-4-14(13)22)28-18(30)15-5-2-11(9-25)10-27-15/h2-5,8,10,16-17H,6-7H2,1H3,(H2,26,29)(H,28,30)/t16?,17?,20-/m1/s1. The molecule has 1 aliphatic carbocycles. The van der Waals surface area contributed by atoms with E-state index in [4.69, 9.17) is 15.7 Å². The minimum absolute atomic E-state index is 0.0341. The number of fused-ring (bicyclic) bond motifs is 1. The molecule has 0 bridgehead atoms. The Bertz CT molecular complexity index is 1110. The molecule has 0 radical (unpaired) electrons. The van der Waals surface area contributed by atoms with Gasteiger partial charge in [-0.3, -0.25) is 4.79 Å². The van der Waals surface area contributed by atoms with E-state index in [-0.39, 0.29) is 35.0 Å². The zero-order valence-corrected chi connectivity index (χ0v) is 16.4. The zero-order chi connectivity index (χ0) is 22.4. The molecule has 160 valence electrons. The van der Waals surface area contributed by atoms with Crippen molar-refractivity contribution in [1.29, 1.82) is 5.26 Å². The number of alkyl halides is 2. The van der Waals surface area contributed by atoms with E-state index in [1.807, 2.05) is 6.07 Å². The number of aliphatic imine (C=N–C) groups is 1. The van der Waals surface area contributed by atoms with E-state index in [1.54, 1.807) is 0 Å². The van der Waals surface area contributed by atoms with Gasteiger partial charge in [0.25, 0.3) is 17.9 Å². The molecule has 1 aromatic heterocycles. The van der Waals surface area contributed by atoms with Gasteiger partial charge in [0.1, 0.15) is 29.2 Å². The monoisotopic (exact) mass is 429 g/mol. The fourth-order valence-electron chi connectivity index (χ4n) is 4.32. The second-order valence-electron chi connectivity index (χ2n) is 7.72. The Labute approximate surface area is 175 Å². The second kappa shape index (κ2) is 7.27. The fourth-order valence-corrected chi connectivity index (χ4v) is 4.32. The fraction of sp³-hybridized carbons (Fsp3) is 0.333. The molecule has 7 nitrogen and oxygen atoms in total. The Kier molecular flexibility index (Phi) is 4.84. The van der Waals surface area contributed by atoms with Gasteiger partial charge in [-0.2, -0.15) is 5.26 Å². The van der Waals surface area contributed by atoms with Gasteiger partial charge in [-0.05, 0) is 43.7 Å². The summed E-state index contributed by atoms with van der Waals surface area (Å²) in [6, 6.07) is 8.06. The number of nitrogens with one attached hydrogen (secondary N) is 1. The van der Waals surface area contributed by atoms with Gasteiger partial charge in [0.05, 0.1) is 11.5 Å². The van der Waals surface area contributed by atoms with Crippen molar-refractivity contribution in [3.05, 3.63) is 59.2 Å². The van der Waals surface area contributed by atoms with Gasteiger partial charge in [0.2, 0.25) is 0 Å². The van der Waals surface area contributed by atoms with Crippen LogP contribution in [0, 0.1) is 23.1 Å². The van der Waals surface area contributed by atoms with Crippen molar-refractivity contribution in [3.63, 3.8) is 0 Å². The maximum absolute atomic E-state index is 14.8. The first-order valence-electron chi connectivity index (χ1n) is 9.51. The van der Waals surface area contributed by atoms with E-state index in [1.165, 1.54) is 37.4 Å². The second-order valence-corrected chi connectivity index (χ2v) is 7.72. The van der Waals surface area contributed by atoms with Crippen LogP contribution < -0.4 is 11.1 Å². The topological polar surface area (TPSA) is 113 Å². The van der Waals surface area contributed by atoms with Crippen LogP contribution in [0.1, 0.15) is 41.4 Å².